The van der Waals surface area contributed by atoms with E-state index in [4.69, 9.17) is 16.0 Å². The molecular weight excluding hydrogens is 415 g/mol. The highest BCUT2D eigenvalue weighted by Gasteiger charge is 2.30. The van der Waals surface area contributed by atoms with Gasteiger partial charge in [0.25, 0.3) is 5.22 Å². The normalized spacial score (nSPS) is 11.4. The van der Waals surface area contributed by atoms with Gasteiger partial charge in [-0.3, -0.25) is 4.79 Å². The van der Waals surface area contributed by atoms with Gasteiger partial charge in [-0.1, -0.05) is 41.6 Å². The molecule has 3 aromatic rings. The van der Waals surface area contributed by atoms with E-state index in [0.717, 1.165) is 29.5 Å². The number of halogens is 4. The van der Waals surface area contributed by atoms with Gasteiger partial charge >= 0.3 is 6.18 Å². The van der Waals surface area contributed by atoms with Crippen LogP contribution in [0.2, 0.25) is 5.02 Å². The van der Waals surface area contributed by atoms with Crippen molar-refractivity contribution in [3.63, 3.8) is 0 Å². The van der Waals surface area contributed by atoms with Gasteiger partial charge in [0.15, 0.2) is 0 Å². The molecule has 0 bridgehead atoms. The molecule has 10 heteroatoms. The molecule has 0 atom stereocenters. The number of benzene rings is 2. The average Bonchev–Trinajstić information content (AvgIpc) is 3.09. The molecule has 0 aliphatic heterocycles. The molecule has 28 heavy (non-hydrogen) atoms. The Morgan fingerprint density at radius 2 is 1.89 bits per heavy atom. The molecule has 0 unspecified atom stereocenters. The largest absolute Gasteiger partial charge is 0.416 e. The lowest BCUT2D eigenvalue weighted by atomic mass is 10.1. The van der Waals surface area contributed by atoms with Crippen molar-refractivity contribution in [2.24, 2.45) is 0 Å². The molecule has 0 saturated heterocycles. The molecule has 5 nitrogen and oxygen atoms in total. The Morgan fingerprint density at radius 1 is 1.14 bits per heavy atom. The monoisotopic (exact) mass is 427 g/mol. The van der Waals surface area contributed by atoms with E-state index in [9.17, 15) is 18.0 Å². The van der Waals surface area contributed by atoms with E-state index in [1.54, 1.807) is 12.1 Å². The second-order valence-corrected chi connectivity index (χ2v) is 7.04. The quantitative estimate of drug-likeness (QED) is 0.557. The van der Waals surface area contributed by atoms with Crippen molar-refractivity contribution in [1.29, 1.82) is 0 Å². The van der Waals surface area contributed by atoms with Gasteiger partial charge in [0.1, 0.15) is 0 Å². The maximum Gasteiger partial charge on any atom is 0.416 e. The summed E-state index contributed by atoms with van der Waals surface area (Å²) in [5.74, 6) is -0.191. The Kier molecular flexibility index (Phi) is 6.25. The highest BCUT2D eigenvalue weighted by atomic mass is 35.5. The molecule has 1 amide bonds. The van der Waals surface area contributed by atoms with Crippen molar-refractivity contribution in [3.8, 4) is 0 Å². The predicted molar refractivity (Wildman–Crippen MR) is 99.4 cm³/mol. The van der Waals surface area contributed by atoms with E-state index in [1.165, 1.54) is 12.1 Å². The van der Waals surface area contributed by atoms with Gasteiger partial charge in [0, 0.05) is 10.7 Å². The van der Waals surface area contributed by atoms with Gasteiger partial charge in [0.05, 0.1) is 17.7 Å². The Balaban J connectivity index is 1.52. The van der Waals surface area contributed by atoms with Crippen molar-refractivity contribution >= 4 is 35.0 Å². The van der Waals surface area contributed by atoms with Crippen molar-refractivity contribution in [3.05, 3.63) is 70.6 Å². The fourth-order valence-corrected chi connectivity index (χ4v) is 2.95. The standard InChI is InChI=1S/C18H13ClF3N3O2S/c19-13-6-4-11(5-7-13)8-16-24-25-17(27-16)28-10-15(26)23-14-3-1-2-12(9-14)18(20,21)22/h1-7,9H,8,10H2,(H,23,26). The van der Waals surface area contributed by atoms with E-state index in [0.29, 0.717) is 17.3 Å². The number of alkyl halides is 3. The first-order valence-corrected chi connectivity index (χ1v) is 9.33. The summed E-state index contributed by atoms with van der Waals surface area (Å²) >= 11 is 6.83. The zero-order chi connectivity index (χ0) is 20.1. The molecule has 0 fully saturated rings. The molecule has 3 rings (SSSR count). The third kappa shape index (κ3) is 5.74. The fraction of sp³-hybridized carbons (Fsp3) is 0.167. The number of nitrogens with one attached hydrogen (secondary N) is 1. The minimum absolute atomic E-state index is 0.0642. The van der Waals surface area contributed by atoms with Crippen LogP contribution < -0.4 is 5.32 Å². The average molecular weight is 428 g/mol. The van der Waals surface area contributed by atoms with E-state index >= 15 is 0 Å². The van der Waals surface area contributed by atoms with E-state index in [-0.39, 0.29) is 16.7 Å². The molecule has 1 N–H and O–H groups in total. The molecule has 0 spiro atoms. The van der Waals surface area contributed by atoms with Crippen LogP contribution in [0.3, 0.4) is 0 Å². The first kappa shape index (κ1) is 20.2. The highest BCUT2D eigenvalue weighted by molar-refractivity contribution is 7.99. The number of hydrogen-bond acceptors (Lipinski definition) is 5. The summed E-state index contributed by atoms with van der Waals surface area (Å²) in [7, 11) is 0. The zero-order valence-corrected chi connectivity index (χ0v) is 15.7. The number of amides is 1. The summed E-state index contributed by atoms with van der Waals surface area (Å²) < 4.78 is 43.6. The third-order valence-electron chi connectivity index (χ3n) is 3.52. The third-order valence-corrected chi connectivity index (χ3v) is 4.59. The first-order valence-electron chi connectivity index (χ1n) is 7.96. The van der Waals surface area contributed by atoms with Crippen molar-refractivity contribution in [2.45, 2.75) is 17.8 Å². The minimum Gasteiger partial charge on any atom is -0.416 e. The number of hydrogen-bond donors (Lipinski definition) is 1. The summed E-state index contributed by atoms with van der Waals surface area (Å²) in [5, 5.41) is 11.0. The van der Waals surface area contributed by atoms with Crippen molar-refractivity contribution < 1.29 is 22.4 Å². The summed E-state index contributed by atoms with van der Waals surface area (Å²) in [4.78, 5) is 12.0. The molecule has 1 heterocycles. The van der Waals surface area contributed by atoms with Crippen LogP contribution in [0, 0.1) is 0 Å². The molecule has 0 aliphatic rings. The summed E-state index contributed by atoms with van der Waals surface area (Å²) in [6.07, 6.45) is -4.05. The Labute approximate surface area is 167 Å². The lowest BCUT2D eigenvalue weighted by Gasteiger charge is -2.09. The summed E-state index contributed by atoms with van der Waals surface area (Å²) in [6.45, 7) is 0. The van der Waals surface area contributed by atoms with Crippen LogP contribution in [0.25, 0.3) is 0 Å². The molecule has 0 radical (unpaired) electrons. The lowest BCUT2D eigenvalue weighted by Crippen LogP contribution is -2.15. The van der Waals surface area contributed by atoms with E-state index in [2.05, 4.69) is 15.5 Å². The van der Waals surface area contributed by atoms with Crippen LogP contribution >= 0.6 is 23.4 Å². The number of carbonyl (C=O) groups excluding carboxylic acids is 1. The minimum atomic E-state index is -4.47. The maximum absolute atomic E-state index is 12.7. The first-order chi connectivity index (χ1) is 13.3. The topological polar surface area (TPSA) is 68.0 Å². The van der Waals surface area contributed by atoms with Gasteiger partial charge in [-0.05, 0) is 35.9 Å². The van der Waals surface area contributed by atoms with Crippen LogP contribution in [-0.4, -0.2) is 21.9 Å². The Morgan fingerprint density at radius 3 is 2.61 bits per heavy atom. The summed E-state index contributed by atoms with van der Waals surface area (Å²) in [6, 6.07) is 11.6. The summed E-state index contributed by atoms with van der Waals surface area (Å²) in [5.41, 5.74) is 0.169. The second kappa shape index (κ2) is 8.66. The highest BCUT2D eigenvalue weighted by Crippen LogP contribution is 2.30. The van der Waals surface area contributed by atoms with Gasteiger partial charge in [0.2, 0.25) is 11.8 Å². The Bertz CT molecular complexity index is 961. The van der Waals surface area contributed by atoms with Gasteiger partial charge in [-0.15, -0.1) is 10.2 Å². The number of thioether (sulfide) groups is 1. The number of nitrogens with zero attached hydrogens (tertiary/aromatic N) is 2. The molecule has 0 saturated carbocycles. The van der Waals surface area contributed by atoms with Gasteiger partial charge in [-0.2, -0.15) is 13.2 Å². The van der Waals surface area contributed by atoms with E-state index < -0.39 is 17.6 Å². The van der Waals surface area contributed by atoms with Crippen molar-refractivity contribution in [1.82, 2.24) is 10.2 Å². The number of anilines is 1. The van der Waals surface area contributed by atoms with Crippen LogP contribution in [-0.2, 0) is 17.4 Å². The fourth-order valence-electron chi connectivity index (χ4n) is 2.24. The molecule has 0 aliphatic carbocycles. The lowest BCUT2D eigenvalue weighted by molar-refractivity contribution is -0.137. The molecular formula is C18H13ClF3N3O2S. The van der Waals surface area contributed by atoms with Crippen LogP contribution in [0.15, 0.2) is 58.2 Å². The van der Waals surface area contributed by atoms with Gasteiger partial charge < -0.3 is 9.73 Å². The zero-order valence-electron chi connectivity index (χ0n) is 14.2. The van der Waals surface area contributed by atoms with Crippen LogP contribution in [0.4, 0.5) is 18.9 Å². The van der Waals surface area contributed by atoms with Crippen LogP contribution in [0.5, 0.6) is 0 Å². The predicted octanol–water partition coefficient (Wildman–Crippen LogP) is 5.06. The molecule has 1 aromatic heterocycles. The molecule has 146 valence electrons. The van der Waals surface area contributed by atoms with Gasteiger partial charge in [-0.25, -0.2) is 0 Å². The Hall–Kier alpha value is -2.52. The van der Waals surface area contributed by atoms with E-state index in [1.807, 2.05) is 12.1 Å². The number of rotatable bonds is 6. The van der Waals surface area contributed by atoms with Crippen molar-refractivity contribution in [2.75, 3.05) is 11.1 Å². The maximum atomic E-state index is 12.7. The van der Waals surface area contributed by atoms with Crippen LogP contribution in [0.1, 0.15) is 17.0 Å². The smallest absolute Gasteiger partial charge is 0.416 e. The second-order valence-electron chi connectivity index (χ2n) is 5.68. The SMILES string of the molecule is O=C(CSc1nnc(Cc2ccc(Cl)cc2)o1)Nc1cccc(C(F)(F)F)c1. The molecule has 2 aromatic carbocycles. The number of carbonyl (C=O) groups is 1. The number of aromatic nitrogens is 2.